The normalized spacial score (nSPS) is 14.1. The van der Waals surface area contributed by atoms with Gasteiger partial charge in [0.05, 0.1) is 16.2 Å². The highest BCUT2D eigenvalue weighted by Crippen LogP contribution is 2.41. The van der Waals surface area contributed by atoms with Gasteiger partial charge in [-0.15, -0.1) is 0 Å². The SMILES string of the molecule is O=C1C(Sc2ccc(Cl)cc2)=C(c2ccccc2)C(=O)N1c1ccc(F)cc1. The maximum absolute atomic E-state index is 13.3. The second kappa shape index (κ2) is 7.62. The Labute approximate surface area is 170 Å². The number of nitrogens with zero attached hydrogens (tertiary/aromatic N) is 1. The van der Waals surface area contributed by atoms with E-state index in [2.05, 4.69) is 0 Å². The highest BCUT2D eigenvalue weighted by molar-refractivity contribution is 8.04. The van der Waals surface area contributed by atoms with Crippen LogP contribution >= 0.6 is 23.4 Å². The van der Waals surface area contributed by atoms with Gasteiger partial charge < -0.3 is 0 Å². The Bertz CT molecular complexity index is 1080. The maximum Gasteiger partial charge on any atom is 0.272 e. The highest BCUT2D eigenvalue weighted by Gasteiger charge is 2.40. The van der Waals surface area contributed by atoms with Crippen molar-refractivity contribution in [2.45, 2.75) is 4.90 Å². The molecule has 1 aliphatic heterocycles. The molecule has 0 radical (unpaired) electrons. The maximum atomic E-state index is 13.3. The molecule has 4 rings (SSSR count). The zero-order chi connectivity index (χ0) is 19.7. The molecule has 138 valence electrons. The molecule has 2 amide bonds. The third-order valence-corrected chi connectivity index (χ3v) is 5.56. The second-order valence-electron chi connectivity index (χ2n) is 6.05. The van der Waals surface area contributed by atoms with Crippen LogP contribution in [0.1, 0.15) is 5.56 Å². The summed E-state index contributed by atoms with van der Waals surface area (Å²) in [5, 5.41) is 0.586. The molecule has 1 heterocycles. The van der Waals surface area contributed by atoms with E-state index in [1.54, 1.807) is 36.4 Å². The lowest BCUT2D eigenvalue weighted by molar-refractivity contribution is -0.119. The fourth-order valence-electron chi connectivity index (χ4n) is 2.91. The second-order valence-corrected chi connectivity index (χ2v) is 7.57. The van der Waals surface area contributed by atoms with Gasteiger partial charge in [-0.2, -0.15) is 0 Å². The summed E-state index contributed by atoms with van der Waals surface area (Å²) in [6, 6.07) is 21.4. The standard InChI is InChI=1S/C22H13ClFNO2S/c23-15-6-12-18(13-7-15)28-20-19(14-4-2-1-3-5-14)21(26)25(22(20)27)17-10-8-16(24)9-11-17/h1-13H. The van der Waals surface area contributed by atoms with Gasteiger partial charge in [-0.05, 0) is 54.1 Å². The predicted octanol–water partition coefficient (Wildman–Crippen LogP) is 5.56. The van der Waals surface area contributed by atoms with Crippen molar-refractivity contribution < 1.29 is 14.0 Å². The Balaban J connectivity index is 1.80. The summed E-state index contributed by atoms with van der Waals surface area (Å²) < 4.78 is 13.3. The van der Waals surface area contributed by atoms with E-state index in [-0.39, 0.29) is 0 Å². The summed E-state index contributed by atoms with van der Waals surface area (Å²) in [6.07, 6.45) is 0. The Hall–Kier alpha value is -2.89. The van der Waals surface area contributed by atoms with Crippen molar-refractivity contribution >= 4 is 46.4 Å². The summed E-state index contributed by atoms with van der Waals surface area (Å²) in [4.78, 5) is 28.5. The van der Waals surface area contributed by atoms with Crippen molar-refractivity contribution in [3.05, 3.63) is 100 Å². The van der Waals surface area contributed by atoms with E-state index in [1.165, 1.54) is 36.0 Å². The van der Waals surface area contributed by atoms with Crippen LogP contribution in [0.25, 0.3) is 5.57 Å². The van der Waals surface area contributed by atoms with E-state index in [4.69, 9.17) is 11.6 Å². The zero-order valence-electron chi connectivity index (χ0n) is 14.4. The lowest BCUT2D eigenvalue weighted by Crippen LogP contribution is -2.31. The number of anilines is 1. The van der Waals surface area contributed by atoms with E-state index in [1.807, 2.05) is 18.2 Å². The minimum absolute atomic E-state index is 0.322. The van der Waals surface area contributed by atoms with Crippen LogP contribution in [0.4, 0.5) is 10.1 Å². The molecule has 6 heteroatoms. The molecule has 0 fully saturated rings. The van der Waals surface area contributed by atoms with Gasteiger partial charge in [0.1, 0.15) is 5.82 Å². The molecular weight excluding hydrogens is 397 g/mol. The number of halogens is 2. The van der Waals surface area contributed by atoms with Crippen molar-refractivity contribution in [1.29, 1.82) is 0 Å². The summed E-state index contributed by atoms with van der Waals surface area (Å²) >= 11 is 7.15. The minimum Gasteiger partial charge on any atom is -0.268 e. The van der Waals surface area contributed by atoms with Gasteiger partial charge in [-0.1, -0.05) is 53.7 Å². The number of benzene rings is 3. The monoisotopic (exact) mass is 409 g/mol. The van der Waals surface area contributed by atoms with Gasteiger partial charge in [0.15, 0.2) is 0 Å². The van der Waals surface area contributed by atoms with Gasteiger partial charge in [-0.3, -0.25) is 9.59 Å². The lowest BCUT2D eigenvalue weighted by Gasteiger charge is -2.15. The third-order valence-electron chi connectivity index (χ3n) is 4.22. The predicted molar refractivity (Wildman–Crippen MR) is 110 cm³/mol. The average molecular weight is 410 g/mol. The van der Waals surface area contributed by atoms with E-state index >= 15 is 0 Å². The number of carbonyl (C=O) groups is 2. The van der Waals surface area contributed by atoms with E-state index in [9.17, 15) is 14.0 Å². The summed E-state index contributed by atoms with van der Waals surface area (Å²) in [6.45, 7) is 0. The van der Waals surface area contributed by atoms with Crippen molar-refractivity contribution in [2.24, 2.45) is 0 Å². The first-order chi connectivity index (χ1) is 13.5. The molecule has 0 aliphatic carbocycles. The molecule has 0 unspecified atom stereocenters. The number of imide groups is 1. The molecule has 28 heavy (non-hydrogen) atoms. The van der Waals surface area contributed by atoms with Gasteiger partial charge >= 0.3 is 0 Å². The first-order valence-corrected chi connectivity index (χ1v) is 9.61. The van der Waals surface area contributed by atoms with Crippen LogP contribution in [0.5, 0.6) is 0 Å². The van der Waals surface area contributed by atoms with E-state index in [0.29, 0.717) is 26.8 Å². The summed E-state index contributed by atoms with van der Waals surface area (Å²) in [5.41, 5.74) is 1.31. The molecule has 0 N–H and O–H groups in total. The van der Waals surface area contributed by atoms with Gasteiger partial charge in [0.2, 0.25) is 0 Å². The third kappa shape index (κ3) is 3.46. The van der Waals surface area contributed by atoms with Crippen molar-refractivity contribution in [3.8, 4) is 0 Å². The fraction of sp³-hybridized carbons (Fsp3) is 0. The average Bonchev–Trinajstić information content (AvgIpc) is 2.95. The van der Waals surface area contributed by atoms with Gasteiger partial charge in [-0.25, -0.2) is 9.29 Å². The lowest BCUT2D eigenvalue weighted by atomic mass is 10.1. The van der Waals surface area contributed by atoms with Crippen LogP contribution in [0, 0.1) is 5.82 Å². The van der Waals surface area contributed by atoms with Crippen LogP contribution in [0.15, 0.2) is 88.7 Å². The number of hydrogen-bond acceptors (Lipinski definition) is 3. The Morgan fingerprint density at radius 3 is 2.07 bits per heavy atom. The van der Waals surface area contributed by atoms with E-state index < -0.39 is 17.6 Å². The number of amides is 2. The smallest absolute Gasteiger partial charge is 0.268 e. The van der Waals surface area contributed by atoms with Crippen LogP contribution in [-0.4, -0.2) is 11.8 Å². The molecule has 0 saturated carbocycles. The fourth-order valence-corrected chi connectivity index (χ4v) is 4.03. The van der Waals surface area contributed by atoms with Crippen LogP contribution in [-0.2, 0) is 9.59 Å². The van der Waals surface area contributed by atoms with Gasteiger partial charge in [0.25, 0.3) is 11.8 Å². The van der Waals surface area contributed by atoms with Crippen molar-refractivity contribution in [3.63, 3.8) is 0 Å². The van der Waals surface area contributed by atoms with Crippen LogP contribution in [0.2, 0.25) is 5.02 Å². The van der Waals surface area contributed by atoms with Crippen molar-refractivity contribution in [1.82, 2.24) is 0 Å². The van der Waals surface area contributed by atoms with E-state index in [0.717, 1.165) is 9.80 Å². The van der Waals surface area contributed by atoms with Crippen LogP contribution < -0.4 is 4.90 Å². The molecule has 3 nitrogen and oxygen atoms in total. The highest BCUT2D eigenvalue weighted by atomic mass is 35.5. The molecule has 0 spiro atoms. The number of carbonyl (C=O) groups excluding carboxylic acids is 2. The number of hydrogen-bond donors (Lipinski definition) is 0. The minimum atomic E-state index is -0.435. The molecule has 1 aliphatic rings. The Morgan fingerprint density at radius 1 is 0.786 bits per heavy atom. The van der Waals surface area contributed by atoms with Gasteiger partial charge in [0, 0.05) is 9.92 Å². The molecule has 3 aromatic rings. The molecule has 3 aromatic carbocycles. The zero-order valence-corrected chi connectivity index (χ0v) is 16.0. The Morgan fingerprint density at radius 2 is 1.43 bits per heavy atom. The summed E-state index contributed by atoms with van der Waals surface area (Å²) in [5.74, 6) is -1.30. The first-order valence-electron chi connectivity index (χ1n) is 8.42. The largest absolute Gasteiger partial charge is 0.272 e. The van der Waals surface area contributed by atoms with Crippen LogP contribution in [0.3, 0.4) is 0 Å². The quantitative estimate of drug-likeness (QED) is 0.530. The molecule has 0 aromatic heterocycles. The Kier molecular flexibility index (Phi) is 5.03. The number of rotatable bonds is 4. The summed E-state index contributed by atoms with van der Waals surface area (Å²) in [7, 11) is 0. The molecule has 0 bridgehead atoms. The topological polar surface area (TPSA) is 37.4 Å². The van der Waals surface area contributed by atoms with Crippen molar-refractivity contribution in [2.75, 3.05) is 4.90 Å². The first kappa shape index (κ1) is 18.5. The number of thioether (sulfide) groups is 1. The molecular formula is C22H13ClFNO2S. The molecule has 0 saturated heterocycles. The molecule has 0 atom stereocenters.